The first-order valence-corrected chi connectivity index (χ1v) is 9.91. The zero-order chi connectivity index (χ0) is 16.3. The highest BCUT2D eigenvalue weighted by Crippen LogP contribution is 2.15. The molecule has 22 heavy (non-hydrogen) atoms. The van der Waals surface area contributed by atoms with Gasteiger partial charge in [-0.1, -0.05) is 103 Å². The molecule has 0 aliphatic heterocycles. The molecule has 1 heteroatoms. The van der Waals surface area contributed by atoms with Crippen LogP contribution in [0.2, 0.25) is 0 Å². The van der Waals surface area contributed by atoms with Crippen LogP contribution in [0.4, 0.5) is 0 Å². The number of rotatable bonds is 18. The van der Waals surface area contributed by atoms with Crippen LogP contribution in [0.1, 0.15) is 110 Å². The molecule has 0 saturated heterocycles. The van der Waals surface area contributed by atoms with E-state index in [1.165, 1.54) is 89.9 Å². The first-order chi connectivity index (χ1) is 10.8. The largest absolute Gasteiger partial charge is 0.303 e. The van der Waals surface area contributed by atoms with Crippen molar-refractivity contribution >= 4 is 6.29 Å². The van der Waals surface area contributed by atoms with Gasteiger partial charge in [-0.05, 0) is 12.8 Å². The first-order valence-electron chi connectivity index (χ1n) is 9.91. The molecule has 0 aromatic carbocycles. The third kappa shape index (κ3) is 15.8. The van der Waals surface area contributed by atoms with Crippen molar-refractivity contribution in [3.8, 4) is 0 Å². The van der Waals surface area contributed by atoms with Gasteiger partial charge in [0.25, 0.3) is 0 Å². The Morgan fingerprint density at radius 2 is 1.14 bits per heavy atom. The van der Waals surface area contributed by atoms with Crippen LogP contribution in [0.3, 0.4) is 0 Å². The topological polar surface area (TPSA) is 17.1 Å². The minimum Gasteiger partial charge on any atom is -0.303 e. The average Bonchev–Trinajstić information content (AvgIpc) is 2.54. The van der Waals surface area contributed by atoms with Gasteiger partial charge < -0.3 is 4.79 Å². The molecule has 0 aliphatic carbocycles. The molecule has 0 amide bonds. The summed E-state index contributed by atoms with van der Waals surface area (Å²) < 4.78 is 0. The van der Waals surface area contributed by atoms with E-state index in [1.54, 1.807) is 0 Å². The van der Waals surface area contributed by atoms with Gasteiger partial charge in [0, 0.05) is 5.92 Å². The summed E-state index contributed by atoms with van der Waals surface area (Å²) in [4.78, 5) is 10.8. The summed E-state index contributed by atoms with van der Waals surface area (Å²) in [6.07, 6.45) is 24.3. The number of hydrogen-bond acceptors (Lipinski definition) is 1. The second-order valence-electron chi connectivity index (χ2n) is 6.81. The molecule has 0 rings (SSSR count). The van der Waals surface area contributed by atoms with Crippen molar-refractivity contribution < 1.29 is 4.79 Å². The van der Waals surface area contributed by atoms with E-state index in [9.17, 15) is 4.79 Å². The molecular weight excluding hydrogens is 268 g/mol. The maximum absolute atomic E-state index is 10.8. The lowest BCUT2D eigenvalue weighted by molar-refractivity contribution is -0.111. The van der Waals surface area contributed by atoms with Gasteiger partial charge in [0.1, 0.15) is 6.29 Å². The molecule has 1 atom stereocenters. The van der Waals surface area contributed by atoms with Crippen LogP contribution in [0, 0.1) is 5.92 Å². The second-order valence-corrected chi connectivity index (χ2v) is 6.81. The highest BCUT2D eigenvalue weighted by atomic mass is 16.1. The smallest absolute Gasteiger partial charge is 0.123 e. The monoisotopic (exact) mass is 308 g/mol. The average molecular weight is 309 g/mol. The summed E-state index contributed by atoms with van der Waals surface area (Å²) in [6, 6.07) is 0. The predicted molar refractivity (Wildman–Crippen MR) is 99.3 cm³/mol. The van der Waals surface area contributed by atoms with E-state index in [0.29, 0.717) is 0 Å². The van der Waals surface area contributed by atoms with Crippen LogP contribution < -0.4 is 0 Å². The van der Waals surface area contributed by atoms with Gasteiger partial charge in [0.05, 0.1) is 0 Å². The molecule has 130 valence electrons. The summed E-state index contributed by atoms with van der Waals surface area (Å²) in [6.45, 7) is 5.99. The first kappa shape index (κ1) is 21.4. The SMILES string of the molecule is C=CCC(C=O)CCCCCCCCCCCCCCCC. The maximum Gasteiger partial charge on any atom is 0.123 e. The van der Waals surface area contributed by atoms with Crippen LogP contribution in [0.25, 0.3) is 0 Å². The van der Waals surface area contributed by atoms with Crippen LogP contribution >= 0.6 is 0 Å². The fraction of sp³-hybridized carbons (Fsp3) is 0.857. The van der Waals surface area contributed by atoms with E-state index < -0.39 is 0 Å². The zero-order valence-corrected chi connectivity index (χ0v) is 15.2. The number of allylic oxidation sites excluding steroid dienone is 1. The van der Waals surface area contributed by atoms with Crippen LogP contribution in [-0.4, -0.2) is 6.29 Å². The van der Waals surface area contributed by atoms with Gasteiger partial charge in [-0.25, -0.2) is 0 Å². The number of carbonyl (C=O) groups is 1. The van der Waals surface area contributed by atoms with Crippen molar-refractivity contribution in [1.82, 2.24) is 0 Å². The molecule has 0 bridgehead atoms. The second kappa shape index (κ2) is 18.5. The summed E-state index contributed by atoms with van der Waals surface area (Å²) in [5.41, 5.74) is 0. The van der Waals surface area contributed by atoms with Gasteiger partial charge in [-0.3, -0.25) is 0 Å². The highest BCUT2D eigenvalue weighted by Gasteiger charge is 2.04. The Hall–Kier alpha value is -0.590. The Bertz CT molecular complexity index is 234. The molecule has 0 aromatic rings. The van der Waals surface area contributed by atoms with Crippen LogP contribution in [0.5, 0.6) is 0 Å². The van der Waals surface area contributed by atoms with E-state index in [4.69, 9.17) is 0 Å². The number of hydrogen-bond donors (Lipinski definition) is 0. The standard InChI is InChI=1S/C21H40O/c1-3-5-6-7-8-9-10-11-12-13-14-15-16-17-19-21(20-22)18-4-2/h4,20-21H,2-3,5-19H2,1H3. The van der Waals surface area contributed by atoms with Gasteiger partial charge in [0.2, 0.25) is 0 Å². The Balaban J connectivity index is 3.11. The quantitative estimate of drug-likeness (QED) is 0.148. The zero-order valence-electron chi connectivity index (χ0n) is 15.2. The molecule has 0 radical (unpaired) electrons. The summed E-state index contributed by atoms with van der Waals surface area (Å²) in [5, 5.41) is 0. The van der Waals surface area contributed by atoms with Gasteiger partial charge in [0.15, 0.2) is 0 Å². The van der Waals surface area contributed by atoms with Gasteiger partial charge >= 0.3 is 0 Å². The third-order valence-corrected chi connectivity index (χ3v) is 4.59. The number of carbonyl (C=O) groups excluding carboxylic acids is 1. The molecule has 1 unspecified atom stereocenters. The summed E-state index contributed by atoms with van der Waals surface area (Å²) >= 11 is 0. The minimum atomic E-state index is 0.217. The van der Waals surface area contributed by atoms with Crippen molar-refractivity contribution in [2.24, 2.45) is 5.92 Å². The third-order valence-electron chi connectivity index (χ3n) is 4.59. The summed E-state index contributed by atoms with van der Waals surface area (Å²) in [7, 11) is 0. The van der Waals surface area contributed by atoms with Crippen molar-refractivity contribution in [3.05, 3.63) is 12.7 Å². The number of aldehydes is 1. The lowest BCUT2D eigenvalue weighted by Gasteiger charge is -2.07. The molecule has 1 nitrogen and oxygen atoms in total. The van der Waals surface area contributed by atoms with E-state index >= 15 is 0 Å². The van der Waals surface area contributed by atoms with Gasteiger partial charge in [-0.15, -0.1) is 6.58 Å². The minimum absolute atomic E-state index is 0.217. The Morgan fingerprint density at radius 1 is 0.727 bits per heavy atom. The van der Waals surface area contributed by atoms with E-state index in [2.05, 4.69) is 13.5 Å². The molecule has 0 heterocycles. The fourth-order valence-corrected chi connectivity index (χ4v) is 3.06. The number of unbranched alkanes of at least 4 members (excludes halogenated alkanes) is 13. The molecule has 0 spiro atoms. The molecule has 0 N–H and O–H groups in total. The Kier molecular flexibility index (Phi) is 18.0. The molecular formula is C21H40O. The highest BCUT2D eigenvalue weighted by molar-refractivity contribution is 5.53. The molecule has 0 fully saturated rings. The molecule has 0 saturated carbocycles. The van der Waals surface area contributed by atoms with Crippen LogP contribution in [0.15, 0.2) is 12.7 Å². The fourth-order valence-electron chi connectivity index (χ4n) is 3.06. The lowest BCUT2D eigenvalue weighted by atomic mass is 9.98. The van der Waals surface area contributed by atoms with Crippen molar-refractivity contribution in [2.45, 2.75) is 110 Å². The van der Waals surface area contributed by atoms with E-state index in [0.717, 1.165) is 19.1 Å². The van der Waals surface area contributed by atoms with Crippen molar-refractivity contribution in [2.75, 3.05) is 0 Å². The van der Waals surface area contributed by atoms with Crippen molar-refractivity contribution in [1.29, 1.82) is 0 Å². The van der Waals surface area contributed by atoms with E-state index in [1.807, 2.05) is 6.08 Å². The Labute approximate surface area is 140 Å². The Morgan fingerprint density at radius 3 is 1.50 bits per heavy atom. The lowest BCUT2D eigenvalue weighted by Crippen LogP contribution is -2.00. The molecule has 0 aromatic heterocycles. The maximum atomic E-state index is 10.8. The van der Waals surface area contributed by atoms with E-state index in [-0.39, 0.29) is 5.92 Å². The normalized spacial score (nSPS) is 12.2. The van der Waals surface area contributed by atoms with Crippen molar-refractivity contribution in [3.63, 3.8) is 0 Å². The van der Waals surface area contributed by atoms with Crippen LogP contribution in [-0.2, 0) is 4.79 Å². The van der Waals surface area contributed by atoms with Gasteiger partial charge in [-0.2, -0.15) is 0 Å². The predicted octanol–water partition coefficient (Wildman–Crippen LogP) is 7.25. The summed E-state index contributed by atoms with van der Waals surface area (Å²) in [5.74, 6) is 0.217. The molecule has 0 aliphatic rings.